The summed E-state index contributed by atoms with van der Waals surface area (Å²) >= 11 is 0. The first-order valence-electron chi connectivity index (χ1n) is 4.00. The van der Waals surface area contributed by atoms with Crippen molar-refractivity contribution < 1.29 is 4.39 Å². The molecule has 1 rings (SSSR count). The lowest BCUT2D eigenvalue weighted by Crippen LogP contribution is -2.43. The van der Waals surface area contributed by atoms with Gasteiger partial charge in [-0.15, -0.1) is 0 Å². The molecule has 0 heterocycles. The van der Waals surface area contributed by atoms with E-state index in [0.717, 1.165) is 19.3 Å². The third-order valence-electron chi connectivity index (χ3n) is 2.71. The first-order valence-corrected chi connectivity index (χ1v) is 4.00. The lowest BCUT2D eigenvalue weighted by Gasteiger charge is -2.36. The minimum Gasteiger partial charge on any atom is -0.327 e. The smallest absolute Gasteiger partial charge is 0.0962 e. The molecule has 0 radical (unpaired) electrons. The molecule has 2 heteroatoms. The van der Waals surface area contributed by atoms with E-state index in [1.165, 1.54) is 6.42 Å². The number of nitrogens with two attached hydrogens (primary N) is 1. The maximum atomic E-state index is 12.4. The van der Waals surface area contributed by atoms with Crippen LogP contribution in [0, 0.1) is 5.41 Å². The fourth-order valence-corrected chi connectivity index (χ4v) is 1.59. The molecule has 0 saturated heterocycles. The molecule has 0 aromatic rings. The molecule has 1 aliphatic carbocycles. The highest BCUT2D eigenvalue weighted by atomic mass is 19.1. The summed E-state index contributed by atoms with van der Waals surface area (Å²) in [6.07, 6.45) is 4.29. The molecule has 60 valence electrons. The molecule has 1 aliphatic rings. The first-order chi connectivity index (χ1) is 4.69. The van der Waals surface area contributed by atoms with Crippen LogP contribution in [-0.2, 0) is 0 Å². The van der Waals surface area contributed by atoms with E-state index < -0.39 is 0 Å². The van der Waals surface area contributed by atoms with E-state index in [4.69, 9.17) is 5.73 Å². The summed E-state index contributed by atoms with van der Waals surface area (Å²) in [5, 5.41) is 0. The highest BCUT2D eigenvalue weighted by Crippen LogP contribution is 2.34. The molecule has 10 heavy (non-hydrogen) atoms. The van der Waals surface area contributed by atoms with Crippen molar-refractivity contribution >= 4 is 0 Å². The van der Waals surface area contributed by atoms with Crippen molar-refractivity contribution in [1.82, 2.24) is 0 Å². The average molecular weight is 145 g/mol. The van der Waals surface area contributed by atoms with Gasteiger partial charge < -0.3 is 5.73 Å². The molecular weight excluding hydrogens is 129 g/mol. The summed E-state index contributed by atoms with van der Waals surface area (Å²) in [6, 6.07) is 0.0891. The Morgan fingerprint density at radius 2 is 2.30 bits per heavy atom. The Balaban J connectivity index is 2.54. The molecule has 2 atom stereocenters. The van der Waals surface area contributed by atoms with Crippen molar-refractivity contribution in [2.45, 2.75) is 38.6 Å². The second-order valence-corrected chi connectivity index (χ2v) is 3.64. The second kappa shape index (κ2) is 2.87. The van der Waals surface area contributed by atoms with Crippen LogP contribution in [0.5, 0.6) is 0 Å². The molecule has 1 saturated carbocycles. The van der Waals surface area contributed by atoms with Crippen molar-refractivity contribution in [2.75, 3.05) is 6.67 Å². The van der Waals surface area contributed by atoms with Crippen LogP contribution < -0.4 is 5.73 Å². The van der Waals surface area contributed by atoms with Crippen LogP contribution in [0.4, 0.5) is 4.39 Å². The zero-order valence-corrected chi connectivity index (χ0v) is 6.57. The molecule has 0 amide bonds. The average Bonchev–Trinajstić information content (AvgIpc) is 1.96. The summed E-state index contributed by atoms with van der Waals surface area (Å²) in [5.74, 6) is 0. The van der Waals surface area contributed by atoms with Gasteiger partial charge in [0.2, 0.25) is 0 Å². The molecule has 0 spiro atoms. The van der Waals surface area contributed by atoms with Gasteiger partial charge in [-0.3, -0.25) is 4.39 Å². The summed E-state index contributed by atoms with van der Waals surface area (Å²) in [4.78, 5) is 0. The molecule has 2 N–H and O–H groups in total. The van der Waals surface area contributed by atoms with Gasteiger partial charge in [-0.25, -0.2) is 0 Å². The predicted octanol–water partition coefficient (Wildman–Crippen LogP) is 1.86. The Morgan fingerprint density at radius 1 is 1.60 bits per heavy atom. The number of halogens is 1. The van der Waals surface area contributed by atoms with Gasteiger partial charge in [-0.2, -0.15) is 0 Å². The third kappa shape index (κ3) is 1.31. The van der Waals surface area contributed by atoms with E-state index in [-0.39, 0.29) is 18.1 Å². The largest absolute Gasteiger partial charge is 0.327 e. The van der Waals surface area contributed by atoms with Crippen LogP contribution in [0.25, 0.3) is 0 Å². The van der Waals surface area contributed by atoms with Crippen LogP contribution in [0.1, 0.15) is 32.6 Å². The van der Waals surface area contributed by atoms with Crippen molar-refractivity contribution in [3.05, 3.63) is 0 Å². The normalized spacial score (nSPS) is 41.7. The number of alkyl halides is 1. The van der Waals surface area contributed by atoms with Gasteiger partial charge in [0.15, 0.2) is 0 Å². The topological polar surface area (TPSA) is 26.0 Å². The lowest BCUT2D eigenvalue weighted by atomic mass is 9.73. The minimum atomic E-state index is -0.256. The molecule has 0 aromatic carbocycles. The quantitative estimate of drug-likeness (QED) is 0.599. The fraction of sp³-hybridized carbons (Fsp3) is 1.00. The van der Waals surface area contributed by atoms with E-state index in [0.29, 0.717) is 0 Å². The number of rotatable bonds is 1. The monoisotopic (exact) mass is 145 g/mol. The maximum absolute atomic E-state index is 12.4. The molecular formula is C8H16FN. The minimum absolute atomic E-state index is 0.0891. The zero-order chi connectivity index (χ0) is 7.61. The molecule has 2 unspecified atom stereocenters. The second-order valence-electron chi connectivity index (χ2n) is 3.64. The fourth-order valence-electron chi connectivity index (χ4n) is 1.59. The van der Waals surface area contributed by atoms with E-state index in [1.54, 1.807) is 0 Å². The molecule has 0 aliphatic heterocycles. The summed E-state index contributed by atoms with van der Waals surface area (Å²) in [7, 11) is 0. The van der Waals surface area contributed by atoms with E-state index >= 15 is 0 Å². The van der Waals surface area contributed by atoms with E-state index in [9.17, 15) is 4.39 Å². The zero-order valence-electron chi connectivity index (χ0n) is 6.57. The first kappa shape index (κ1) is 7.99. The Labute approximate surface area is 61.8 Å². The molecule has 0 aromatic heterocycles. The maximum Gasteiger partial charge on any atom is 0.0962 e. The van der Waals surface area contributed by atoms with Crippen molar-refractivity contribution in [1.29, 1.82) is 0 Å². The third-order valence-corrected chi connectivity index (χ3v) is 2.71. The summed E-state index contributed by atoms with van der Waals surface area (Å²) < 4.78 is 12.4. The Hall–Kier alpha value is -0.110. The van der Waals surface area contributed by atoms with Crippen molar-refractivity contribution in [2.24, 2.45) is 11.1 Å². The Bertz CT molecular complexity index is 116. The lowest BCUT2D eigenvalue weighted by molar-refractivity contribution is 0.131. The van der Waals surface area contributed by atoms with E-state index in [1.807, 2.05) is 6.92 Å². The van der Waals surface area contributed by atoms with Crippen molar-refractivity contribution in [3.63, 3.8) is 0 Å². The predicted molar refractivity (Wildman–Crippen MR) is 40.5 cm³/mol. The van der Waals surface area contributed by atoms with Gasteiger partial charge in [0, 0.05) is 11.5 Å². The van der Waals surface area contributed by atoms with E-state index in [2.05, 4.69) is 0 Å². The van der Waals surface area contributed by atoms with Gasteiger partial charge in [0.05, 0.1) is 6.67 Å². The molecule has 1 nitrogen and oxygen atoms in total. The van der Waals surface area contributed by atoms with Crippen LogP contribution in [0.15, 0.2) is 0 Å². The van der Waals surface area contributed by atoms with Crippen molar-refractivity contribution in [3.8, 4) is 0 Å². The van der Waals surface area contributed by atoms with Crippen LogP contribution in [-0.4, -0.2) is 12.7 Å². The summed E-state index contributed by atoms with van der Waals surface area (Å²) in [5.41, 5.74) is 5.57. The van der Waals surface area contributed by atoms with Crippen LogP contribution >= 0.6 is 0 Å². The van der Waals surface area contributed by atoms with Gasteiger partial charge in [-0.1, -0.05) is 19.8 Å². The van der Waals surface area contributed by atoms with Gasteiger partial charge in [0.25, 0.3) is 0 Å². The van der Waals surface area contributed by atoms with Gasteiger partial charge in [0.1, 0.15) is 0 Å². The molecule has 1 fully saturated rings. The number of hydrogen-bond acceptors (Lipinski definition) is 1. The van der Waals surface area contributed by atoms with Gasteiger partial charge >= 0.3 is 0 Å². The summed E-state index contributed by atoms with van der Waals surface area (Å²) in [6.45, 7) is 1.70. The Kier molecular flexibility index (Phi) is 2.29. The Morgan fingerprint density at radius 3 is 2.70 bits per heavy atom. The van der Waals surface area contributed by atoms with Crippen LogP contribution in [0.2, 0.25) is 0 Å². The highest BCUT2D eigenvalue weighted by Gasteiger charge is 2.33. The van der Waals surface area contributed by atoms with Crippen LogP contribution in [0.3, 0.4) is 0 Å². The van der Waals surface area contributed by atoms with Gasteiger partial charge in [-0.05, 0) is 12.8 Å². The SMILES string of the molecule is CC1(CF)CCCCC1N. The number of hydrogen-bond donors (Lipinski definition) is 1. The highest BCUT2D eigenvalue weighted by molar-refractivity contribution is 4.88. The molecule has 0 bridgehead atoms. The standard InChI is InChI=1S/C8H16FN/c1-8(6-9)5-3-2-4-7(8)10/h7H,2-6,10H2,1H3.